The maximum atomic E-state index is 12.3. The van der Waals surface area contributed by atoms with Gasteiger partial charge in [-0.3, -0.25) is 4.79 Å². The molecule has 2 N–H and O–H groups in total. The molecule has 0 bridgehead atoms. The number of nitrogens with one attached hydrogen (secondary N) is 2. The van der Waals surface area contributed by atoms with E-state index in [1.807, 2.05) is 24.3 Å². The predicted octanol–water partition coefficient (Wildman–Crippen LogP) is 2.74. The first-order chi connectivity index (χ1) is 9.28. The molecular weight excluding hydrogens is 256 g/mol. The lowest BCUT2D eigenvalue weighted by molar-refractivity contribution is -0.118. The molecule has 1 saturated carbocycles. The van der Waals surface area contributed by atoms with E-state index in [0.29, 0.717) is 5.92 Å². The summed E-state index contributed by atoms with van der Waals surface area (Å²) in [5.41, 5.74) is 0.894. The van der Waals surface area contributed by atoms with Crippen LogP contribution < -0.4 is 10.6 Å². The van der Waals surface area contributed by atoms with Crippen LogP contribution in [0.2, 0.25) is 0 Å². The average molecular weight is 276 g/mol. The summed E-state index contributed by atoms with van der Waals surface area (Å²) in [6.45, 7) is 1.01. The van der Waals surface area contributed by atoms with Gasteiger partial charge in [0.05, 0.1) is 6.04 Å². The molecular formula is C15H20N2OS. The van der Waals surface area contributed by atoms with Crippen molar-refractivity contribution in [3.8, 4) is 0 Å². The van der Waals surface area contributed by atoms with E-state index in [1.54, 1.807) is 11.8 Å². The van der Waals surface area contributed by atoms with Crippen LogP contribution in [0.4, 0.5) is 5.69 Å². The molecule has 0 radical (unpaired) electrons. The molecule has 3 atom stereocenters. The van der Waals surface area contributed by atoms with Crippen LogP contribution in [0.25, 0.3) is 0 Å². The van der Waals surface area contributed by atoms with Crippen LogP contribution in [-0.4, -0.2) is 24.7 Å². The summed E-state index contributed by atoms with van der Waals surface area (Å²) in [6.07, 6.45) is 5.81. The van der Waals surface area contributed by atoms with Gasteiger partial charge in [0.15, 0.2) is 0 Å². The molecule has 2 fully saturated rings. The minimum Gasteiger partial charge on any atom is -0.325 e. The molecule has 1 aromatic rings. The lowest BCUT2D eigenvalue weighted by atomic mass is 9.93. The number of amides is 1. The molecule has 3 nitrogen and oxygen atoms in total. The van der Waals surface area contributed by atoms with Crippen LogP contribution in [-0.2, 0) is 4.79 Å². The van der Waals surface area contributed by atoms with Crippen molar-refractivity contribution in [2.75, 3.05) is 18.1 Å². The highest BCUT2D eigenvalue weighted by Gasteiger charge is 2.42. The minimum atomic E-state index is 0.00715. The van der Waals surface area contributed by atoms with Crippen molar-refractivity contribution in [1.29, 1.82) is 0 Å². The number of carbonyl (C=O) groups is 1. The van der Waals surface area contributed by atoms with Gasteiger partial charge < -0.3 is 10.6 Å². The third-order valence-electron chi connectivity index (χ3n) is 4.39. The predicted molar refractivity (Wildman–Crippen MR) is 79.5 cm³/mol. The van der Waals surface area contributed by atoms with E-state index < -0.39 is 0 Å². The lowest BCUT2D eigenvalue weighted by Crippen LogP contribution is -2.39. The summed E-state index contributed by atoms with van der Waals surface area (Å²) in [5.74, 6) is 1.39. The van der Waals surface area contributed by atoms with Crippen LogP contribution >= 0.6 is 11.8 Å². The highest BCUT2D eigenvalue weighted by molar-refractivity contribution is 7.98. The second-order valence-corrected chi connectivity index (χ2v) is 6.34. The summed E-state index contributed by atoms with van der Waals surface area (Å²) in [7, 11) is 0. The van der Waals surface area contributed by atoms with Gasteiger partial charge in [-0.15, -0.1) is 11.8 Å². The number of thioether (sulfide) groups is 1. The maximum Gasteiger partial charge on any atom is 0.241 e. The Morgan fingerprint density at radius 1 is 1.32 bits per heavy atom. The molecule has 1 aliphatic carbocycles. The maximum absolute atomic E-state index is 12.3. The first kappa shape index (κ1) is 13.0. The van der Waals surface area contributed by atoms with Crippen LogP contribution in [0.15, 0.2) is 29.2 Å². The quantitative estimate of drug-likeness (QED) is 0.834. The van der Waals surface area contributed by atoms with Crippen molar-refractivity contribution in [2.24, 2.45) is 11.8 Å². The van der Waals surface area contributed by atoms with E-state index in [4.69, 9.17) is 0 Å². The smallest absolute Gasteiger partial charge is 0.241 e. The minimum absolute atomic E-state index is 0.00715. The third kappa shape index (κ3) is 2.65. The van der Waals surface area contributed by atoms with Gasteiger partial charge in [-0.1, -0.05) is 6.42 Å². The standard InChI is InChI=1S/C15H20N2OS/c1-19-12-7-5-11(6-8-12)17-15(18)14-13-4-2-3-10(13)9-16-14/h5-8,10,13-14,16H,2-4,9H2,1H3,(H,17,18). The van der Waals surface area contributed by atoms with Gasteiger partial charge in [0.25, 0.3) is 0 Å². The van der Waals surface area contributed by atoms with E-state index >= 15 is 0 Å². The molecule has 2 aliphatic rings. The summed E-state index contributed by atoms with van der Waals surface area (Å²) in [5, 5.41) is 6.42. The number of hydrogen-bond acceptors (Lipinski definition) is 3. The molecule has 1 aliphatic heterocycles. The fraction of sp³-hybridized carbons (Fsp3) is 0.533. The Balaban J connectivity index is 1.64. The zero-order chi connectivity index (χ0) is 13.2. The van der Waals surface area contributed by atoms with Crippen LogP contribution in [0.3, 0.4) is 0 Å². The van der Waals surface area contributed by atoms with Crippen molar-refractivity contribution in [1.82, 2.24) is 5.32 Å². The van der Waals surface area contributed by atoms with Gasteiger partial charge in [0, 0.05) is 10.6 Å². The first-order valence-corrected chi connectivity index (χ1v) is 8.18. The normalized spacial score (nSPS) is 29.2. The van der Waals surface area contributed by atoms with E-state index in [9.17, 15) is 4.79 Å². The average Bonchev–Trinajstić information content (AvgIpc) is 3.01. The van der Waals surface area contributed by atoms with Gasteiger partial charge in [0.1, 0.15) is 0 Å². The number of benzene rings is 1. The summed E-state index contributed by atoms with van der Waals surface area (Å²) >= 11 is 1.71. The van der Waals surface area contributed by atoms with Crippen molar-refractivity contribution >= 4 is 23.4 Å². The van der Waals surface area contributed by atoms with Crippen molar-refractivity contribution < 1.29 is 4.79 Å². The lowest BCUT2D eigenvalue weighted by Gasteiger charge is -2.17. The van der Waals surface area contributed by atoms with E-state index in [1.165, 1.54) is 24.2 Å². The van der Waals surface area contributed by atoms with Gasteiger partial charge in [-0.2, -0.15) is 0 Å². The Labute approximate surface area is 118 Å². The fourth-order valence-electron chi connectivity index (χ4n) is 3.37. The highest BCUT2D eigenvalue weighted by atomic mass is 32.2. The van der Waals surface area contributed by atoms with E-state index in [0.717, 1.165) is 18.2 Å². The molecule has 102 valence electrons. The van der Waals surface area contributed by atoms with Crippen LogP contribution in [0.1, 0.15) is 19.3 Å². The molecule has 19 heavy (non-hydrogen) atoms. The number of anilines is 1. The molecule has 1 aromatic carbocycles. The Bertz CT molecular complexity index is 460. The number of carbonyl (C=O) groups excluding carboxylic acids is 1. The number of rotatable bonds is 3. The zero-order valence-corrected chi connectivity index (χ0v) is 12.0. The fourth-order valence-corrected chi connectivity index (χ4v) is 3.78. The summed E-state index contributed by atoms with van der Waals surface area (Å²) in [6, 6.07) is 8.05. The SMILES string of the molecule is CSc1ccc(NC(=O)C2NCC3CCCC32)cc1. The van der Waals surface area contributed by atoms with Crippen molar-refractivity contribution in [3.63, 3.8) is 0 Å². The molecule has 0 aromatic heterocycles. The third-order valence-corrected chi connectivity index (χ3v) is 5.13. The Kier molecular flexibility index (Phi) is 3.80. The van der Waals surface area contributed by atoms with Crippen molar-refractivity contribution in [3.05, 3.63) is 24.3 Å². The summed E-state index contributed by atoms with van der Waals surface area (Å²) < 4.78 is 0. The zero-order valence-electron chi connectivity index (χ0n) is 11.2. The summed E-state index contributed by atoms with van der Waals surface area (Å²) in [4.78, 5) is 13.5. The Morgan fingerprint density at radius 3 is 2.84 bits per heavy atom. The molecule has 4 heteroatoms. The largest absolute Gasteiger partial charge is 0.325 e. The number of hydrogen-bond donors (Lipinski definition) is 2. The monoisotopic (exact) mass is 276 g/mol. The Hall–Kier alpha value is -1.00. The molecule has 0 spiro atoms. The van der Waals surface area contributed by atoms with Crippen molar-refractivity contribution in [2.45, 2.75) is 30.2 Å². The molecule has 1 saturated heterocycles. The second-order valence-electron chi connectivity index (χ2n) is 5.46. The van der Waals surface area contributed by atoms with Crippen LogP contribution in [0, 0.1) is 11.8 Å². The van der Waals surface area contributed by atoms with Gasteiger partial charge >= 0.3 is 0 Å². The van der Waals surface area contributed by atoms with E-state index in [2.05, 4.69) is 16.9 Å². The topological polar surface area (TPSA) is 41.1 Å². The molecule has 3 unspecified atom stereocenters. The molecule has 1 heterocycles. The van der Waals surface area contributed by atoms with E-state index in [-0.39, 0.29) is 11.9 Å². The number of fused-ring (bicyclic) bond motifs is 1. The van der Waals surface area contributed by atoms with Gasteiger partial charge in [0.2, 0.25) is 5.91 Å². The van der Waals surface area contributed by atoms with Gasteiger partial charge in [-0.05, 0) is 61.7 Å². The highest BCUT2D eigenvalue weighted by Crippen LogP contribution is 2.38. The Morgan fingerprint density at radius 2 is 2.11 bits per heavy atom. The second kappa shape index (κ2) is 5.55. The molecule has 1 amide bonds. The van der Waals surface area contributed by atoms with Crippen LogP contribution in [0.5, 0.6) is 0 Å². The molecule has 3 rings (SSSR count). The van der Waals surface area contributed by atoms with Gasteiger partial charge in [-0.25, -0.2) is 0 Å². The first-order valence-electron chi connectivity index (χ1n) is 6.96.